The lowest BCUT2D eigenvalue weighted by atomic mass is 10.3. The summed E-state index contributed by atoms with van der Waals surface area (Å²) >= 11 is 5.79. The molecule has 0 unspecified atom stereocenters. The van der Waals surface area contributed by atoms with Crippen molar-refractivity contribution in [2.75, 3.05) is 11.9 Å². The number of esters is 1. The van der Waals surface area contributed by atoms with Crippen LogP contribution in [0.4, 0.5) is 5.69 Å². The maximum atomic E-state index is 11.5. The van der Waals surface area contributed by atoms with Crippen LogP contribution in [0, 0.1) is 11.8 Å². The molecule has 1 N–H and O–H groups in total. The van der Waals surface area contributed by atoms with E-state index >= 15 is 0 Å². The Morgan fingerprint density at radius 1 is 1.50 bits per heavy atom. The second kappa shape index (κ2) is 5.40. The molecule has 1 saturated carbocycles. The number of nitrogens with one attached hydrogen (secondary N) is 1. The summed E-state index contributed by atoms with van der Waals surface area (Å²) in [5, 5.41) is 3.15. The maximum Gasteiger partial charge on any atom is 0.309 e. The van der Waals surface area contributed by atoms with Crippen molar-refractivity contribution in [1.29, 1.82) is 0 Å². The predicted octanol–water partition coefficient (Wildman–Crippen LogP) is 2.48. The van der Waals surface area contributed by atoms with Crippen molar-refractivity contribution in [1.82, 2.24) is 0 Å². The molecular weight excluding hydrogens is 254 g/mol. The molecule has 5 heteroatoms. The Balaban J connectivity index is 1.77. The first-order valence-electron chi connectivity index (χ1n) is 5.78. The SMILES string of the molecule is C[C@H]1C[C@H]1C(=O)OCC(=O)Nc1cccc(Cl)c1. The summed E-state index contributed by atoms with van der Waals surface area (Å²) in [5.74, 6) is -0.292. The van der Waals surface area contributed by atoms with E-state index in [1.165, 1.54) is 0 Å². The Morgan fingerprint density at radius 3 is 2.83 bits per heavy atom. The molecule has 1 aromatic carbocycles. The predicted molar refractivity (Wildman–Crippen MR) is 68.3 cm³/mol. The van der Waals surface area contributed by atoms with Gasteiger partial charge >= 0.3 is 5.97 Å². The van der Waals surface area contributed by atoms with Crippen molar-refractivity contribution < 1.29 is 14.3 Å². The van der Waals surface area contributed by atoms with Gasteiger partial charge in [-0.15, -0.1) is 0 Å². The first kappa shape index (κ1) is 12.9. The van der Waals surface area contributed by atoms with Crippen LogP contribution in [0.25, 0.3) is 0 Å². The lowest BCUT2D eigenvalue weighted by Crippen LogP contribution is -2.21. The average Bonchev–Trinajstić information content (AvgIpc) is 3.03. The lowest BCUT2D eigenvalue weighted by molar-refractivity contribution is -0.148. The van der Waals surface area contributed by atoms with Crippen molar-refractivity contribution in [3.8, 4) is 0 Å². The van der Waals surface area contributed by atoms with Crippen LogP contribution < -0.4 is 5.32 Å². The fourth-order valence-electron chi connectivity index (χ4n) is 1.66. The normalized spacial score (nSPS) is 21.2. The topological polar surface area (TPSA) is 55.4 Å². The molecule has 18 heavy (non-hydrogen) atoms. The molecule has 1 fully saturated rings. The third-order valence-corrected chi connectivity index (χ3v) is 3.10. The number of amides is 1. The van der Waals surface area contributed by atoms with Crippen LogP contribution in [0.2, 0.25) is 5.02 Å². The number of hydrogen-bond acceptors (Lipinski definition) is 3. The van der Waals surface area contributed by atoms with Crippen LogP contribution >= 0.6 is 11.6 Å². The van der Waals surface area contributed by atoms with Crippen molar-refractivity contribution in [3.63, 3.8) is 0 Å². The fourth-order valence-corrected chi connectivity index (χ4v) is 1.85. The van der Waals surface area contributed by atoms with Crippen LogP contribution in [0.3, 0.4) is 0 Å². The zero-order valence-corrected chi connectivity index (χ0v) is 10.7. The zero-order valence-electron chi connectivity index (χ0n) is 9.98. The summed E-state index contributed by atoms with van der Waals surface area (Å²) in [6.07, 6.45) is 0.856. The van der Waals surface area contributed by atoms with E-state index < -0.39 is 0 Å². The summed E-state index contributed by atoms with van der Waals surface area (Å²) in [5.41, 5.74) is 0.586. The number of hydrogen-bond donors (Lipinski definition) is 1. The number of halogens is 1. The van der Waals surface area contributed by atoms with Gasteiger partial charge in [-0.2, -0.15) is 0 Å². The van der Waals surface area contributed by atoms with Gasteiger partial charge in [0.15, 0.2) is 6.61 Å². The highest BCUT2D eigenvalue weighted by Gasteiger charge is 2.40. The van der Waals surface area contributed by atoms with Crippen LogP contribution in [-0.4, -0.2) is 18.5 Å². The smallest absolute Gasteiger partial charge is 0.309 e. The Kier molecular flexibility index (Phi) is 3.87. The maximum absolute atomic E-state index is 11.5. The van der Waals surface area contributed by atoms with E-state index in [0.29, 0.717) is 16.6 Å². The van der Waals surface area contributed by atoms with Gasteiger partial charge in [-0.25, -0.2) is 0 Å². The molecule has 1 amide bonds. The number of carbonyl (C=O) groups excluding carboxylic acids is 2. The van der Waals surface area contributed by atoms with Gasteiger partial charge in [0.1, 0.15) is 0 Å². The van der Waals surface area contributed by atoms with E-state index in [-0.39, 0.29) is 24.4 Å². The molecule has 0 radical (unpaired) electrons. The second-order valence-electron chi connectivity index (χ2n) is 4.49. The van der Waals surface area contributed by atoms with E-state index in [1.54, 1.807) is 24.3 Å². The van der Waals surface area contributed by atoms with E-state index in [2.05, 4.69) is 5.32 Å². The van der Waals surface area contributed by atoms with E-state index in [0.717, 1.165) is 6.42 Å². The minimum absolute atomic E-state index is 0.0241. The third kappa shape index (κ3) is 3.47. The Hall–Kier alpha value is -1.55. The highest BCUT2D eigenvalue weighted by Crippen LogP contribution is 2.38. The monoisotopic (exact) mass is 267 g/mol. The highest BCUT2D eigenvalue weighted by molar-refractivity contribution is 6.30. The highest BCUT2D eigenvalue weighted by atomic mass is 35.5. The number of carbonyl (C=O) groups is 2. The molecule has 0 bridgehead atoms. The zero-order chi connectivity index (χ0) is 13.1. The van der Waals surface area contributed by atoms with Crippen molar-refractivity contribution >= 4 is 29.2 Å². The molecule has 0 aliphatic heterocycles. The number of rotatable bonds is 4. The first-order chi connectivity index (χ1) is 8.56. The van der Waals surface area contributed by atoms with E-state index in [1.807, 2.05) is 6.92 Å². The van der Waals surface area contributed by atoms with Gasteiger partial charge in [0.2, 0.25) is 0 Å². The Bertz CT molecular complexity index is 475. The van der Waals surface area contributed by atoms with Crippen LogP contribution in [-0.2, 0) is 14.3 Å². The van der Waals surface area contributed by atoms with Gasteiger partial charge in [0.05, 0.1) is 5.92 Å². The van der Waals surface area contributed by atoms with Crippen LogP contribution in [0.1, 0.15) is 13.3 Å². The average molecular weight is 268 g/mol. The molecule has 0 saturated heterocycles. The quantitative estimate of drug-likeness (QED) is 0.853. The summed E-state index contributed by atoms with van der Waals surface area (Å²) in [7, 11) is 0. The van der Waals surface area contributed by atoms with E-state index in [9.17, 15) is 9.59 Å². The van der Waals surface area contributed by atoms with Gasteiger partial charge in [0.25, 0.3) is 5.91 Å². The summed E-state index contributed by atoms with van der Waals surface area (Å²) in [6, 6.07) is 6.79. The molecule has 1 aliphatic rings. The molecular formula is C13H14ClNO3. The molecule has 1 aliphatic carbocycles. The number of benzene rings is 1. The molecule has 4 nitrogen and oxygen atoms in total. The fraction of sp³-hybridized carbons (Fsp3) is 0.385. The molecule has 0 heterocycles. The Labute approximate surface area is 110 Å². The molecule has 0 spiro atoms. The number of ether oxygens (including phenoxy) is 1. The standard InChI is InChI=1S/C13H14ClNO3/c1-8-5-11(8)13(17)18-7-12(16)15-10-4-2-3-9(14)6-10/h2-4,6,8,11H,5,7H2,1H3,(H,15,16)/t8-,11+/m0/s1. The van der Waals surface area contributed by atoms with Crippen LogP contribution in [0.15, 0.2) is 24.3 Å². The Morgan fingerprint density at radius 2 is 2.22 bits per heavy atom. The first-order valence-corrected chi connectivity index (χ1v) is 6.16. The van der Waals surface area contributed by atoms with Gasteiger partial charge in [-0.3, -0.25) is 9.59 Å². The molecule has 2 rings (SSSR count). The molecule has 1 aromatic rings. The number of anilines is 1. The molecule has 0 aromatic heterocycles. The minimum Gasteiger partial charge on any atom is -0.455 e. The summed E-state index contributed by atoms with van der Waals surface area (Å²) in [4.78, 5) is 22.9. The summed E-state index contributed by atoms with van der Waals surface area (Å²) in [6.45, 7) is 1.73. The second-order valence-corrected chi connectivity index (χ2v) is 4.92. The van der Waals surface area contributed by atoms with Crippen LogP contribution in [0.5, 0.6) is 0 Å². The minimum atomic E-state index is -0.362. The lowest BCUT2D eigenvalue weighted by Gasteiger charge is -2.06. The summed E-state index contributed by atoms with van der Waals surface area (Å²) < 4.78 is 4.92. The largest absolute Gasteiger partial charge is 0.455 e. The van der Waals surface area contributed by atoms with Gasteiger partial charge < -0.3 is 10.1 Å². The van der Waals surface area contributed by atoms with Crippen molar-refractivity contribution in [3.05, 3.63) is 29.3 Å². The molecule has 96 valence electrons. The van der Waals surface area contributed by atoms with Crippen molar-refractivity contribution in [2.45, 2.75) is 13.3 Å². The van der Waals surface area contributed by atoms with Crippen molar-refractivity contribution in [2.24, 2.45) is 11.8 Å². The molecule has 2 atom stereocenters. The van der Waals surface area contributed by atoms with Gasteiger partial charge in [0, 0.05) is 10.7 Å². The van der Waals surface area contributed by atoms with E-state index in [4.69, 9.17) is 16.3 Å². The van der Waals surface area contributed by atoms with Gasteiger partial charge in [-0.1, -0.05) is 24.6 Å². The van der Waals surface area contributed by atoms with Gasteiger partial charge in [-0.05, 0) is 30.5 Å². The third-order valence-electron chi connectivity index (χ3n) is 2.87.